The molecule has 0 aliphatic rings. The van der Waals surface area contributed by atoms with Crippen molar-refractivity contribution in [2.75, 3.05) is 19.8 Å². The van der Waals surface area contributed by atoms with Crippen LogP contribution in [0.1, 0.15) is 27.8 Å². The van der Waals surface area contributed by atoms with Crippen molar-refractivity contribution in [3.63, 3.8) is 0 Å². The fraction of sp³-hybridized carbons (Fsp3) is 0.278. The van der Waals surface area contributed by atoms with Gasteiger partial charge in [-0.05, 0) is 31.2 Å². The number of rotatable bonds is 8. The van der Waals surface area contributed by atoms with Crippen molar-refractivity contribution >= 4 is 17.9 Å². The van der Waals surface area contributed by atoms with Crippen molar-refractivity contribution in [1.82, 2.24) is 9.97 Å². The minimum absolute atomic E-state index is 0.0454. The molecule has 0 bridgehead atoms. The van der Waals surface area contributed by atoms with Gasteiger partial charge in [0, 0.05) is 18.6 Å². The zero-order valence-electron chi connectivity index (χ0n) is 14.5. The highest BCUT2D eigenvalue weighted by molar-refractivity contribution is 5.89. The lowest BCUT2D eigenvalue weighted by Gasteiger charge is -2.20. The van der Waals surface area contributed by atoms with Crippen LogP contribution in [0.15, 0.2) is 48.9 Å². The predicted molar refractivity (Wildman–Crippen MR) is 90.6 cm³/mol. The Morgan fingerprint density at radius 1 is 1.00 bits per heavy atom. The van der Waals surface area contributed by atoms with Gasteiger partial charge in [-0.1, -0.05) is 6.07 Å². The highest BCUT2D eigenvalue weighted by Crippen LogP contribution is 2.09. The highest BCUT2D eigenvalue weighted by atomic mass is 16.6. The average molecular weight is 374 g/mol. The number of esters is 3. The van der Waals surface area contributed by atoms with Crippen molar-refractivity contribution < 1.29 is 33.7 Å². The topological polar surface area (TPSA) is 125 Å². The molecule has 0 amide bonds. The quantitative estimate of drug-likeness (QED) is 0.405. The third-order valence-electron chi connectivity index (χ3n) is 3.24. The van der Waals surface area contributed by atoms with Gasteiger partial charge in [0.05, 0.1) is 5.56 Å². The van der Waals surface area contributed by atoms with E-state index in [0.717, 1.165) is 6.92 Å². The molecule has 2 aromatic heterocycles. The zero-order valence-corrected chi connectivity index (χ0v) is 14.5. The molecule has 0 aromatic carbocycles. The molecular formula is C18H18N2O7. The van der Waals surface area contributed by atoms with E-state index in [9.17, 15) is 19.5 Å². The minimum atomic E-state index is -2.06. The molecule has 2 heterocycles. The van der Waals surface area contributed by atoms with Crippen LogP contribution in [0.3, 0.4) is 0 Å². The van der Waals surface area contributed by atoms with Crippen LogP contribution in [0.2, 0.25) is 0 Å². The second-order valence-electron chi connectivity index (χ2n) is 5.58. The van der Waals surface area contributed by atoms with Gasteiger partial charge in [0.2, 0.25) is 0 Å². The van der Waals surface area contributed by atoms with Gasteiger partial charge < -0.3 is 19.3 Å². The number of aromatic nitrogens is 2. The van der Waals surface area contributed by atoms with Gasteiger partial charge in [0.1, 0.15) is 25.5 Å². The van der Waals surface area contributed by atoms with Crippen molar-refractivity contribution in [3.05, 3.63) is 60.2 Å². The van der Waals surface area contributed by atoms with Crippen LogP contribution < -0.4 is 0 Å². The first-order valence-electron chi connectivity index (χ1n) is 7.95. The smallest absolute Gasteiger partial charge is 0.357 e. The summed E-state index contributed by atoms with van der Waals surface area (Å²) in [6.07, 6.45) is 4.27. The largest absolute Gasteiger partial charge is 0.460 e. The summed E-state index contributed by atoms with van der Waals surface area (Å²) in [5.41, 5.74) is -1.75. The molecule has 9 heteroatoms. The van der Waals surface area contributed by atoms with Crippen LogP contribution in [-0.2, 0) is 19.0 Å². The fourth-order valence-corrected chi connectivity index (χ4v) is 1.81. The van der Waals surface area contributed by atoms with Crippen LogP contribution in [0.5, 0.6) is 0 Å². The minimum Gasteiger partial charge on any atom is -0.460 e. The second-order valence-corrected chi connectivity index (χ2v) is 5.58. The Balaban J connectivity index is 1.72. The highest BCUT2D eigenvalue weighted by Gasteiger charge is 2.34. The Morgan fingerprint density at radius 2 is 1.78 bits per heavy atom. The van der Waals surface area contributed by atoms with Crippen LogP contribution >= 0.6 is 0 Å². The maximum atomic E-state index is 11.9. The molecule has 0 radical (unpaired) electrons. The Kier molecular flexibility index (Phi) is 6.95. The zero-order chi connectivity index (χ0) is 19.7. The molecule has 0 saturated carbocycles. The molecule has 142 valence electrons. The van der Waals surface area contributed by atoms with E-state index < -0.39 is 30.1 Å². The van der Waals surface area contributed by atoms with Crippen LogP contribution in [0.4, 0.5) is 0 Å². The van der Waals surface area contributed by atoms with E-state index in [1.807, 2.05) is 0 Å². The number of pyridine rings is 2. The third-order valence-corrected chi connectivity index (χ3v) is 3.24. The summed E-state index contributed by atoms with van der Waals surface area (Å²) in [5.74, 6) is -2.42. The maximum absolute atomic E-state index is 11.9. The summed E-state index contributed by atoms with van der Waals surface area (Å²) >= 11 is 0. The first-order chi connectivity index (χ1) is 12.9. The SMILES string of the molecule is CC(O)(COC(=O)c1ccccn1)C(=O)OCCOC(=O)c1cccnc1. The number of nitrogens with zero attached hydrogens (tertiary/aromatic N) is 2. The number of hydrogen-bond donors (Lipinski definition) is 1. The molecule has 9 nitrogen and oxygen atoms in total. The molecule has 2 rings (SSSR count). The predicted octanol–water partition coefficient (Wildman–Crippen LogP) is 0.785. The van der Waals surface area contributed by atoms with E-state index in [4.69, 9.17) is 14.2 Å². The van der Waals surface area contributed by atoms with Crippen molar-refractivity contribution in [1.29, 1.82) is 0 Å². The van der Waals surface area contributed by atoms with Gasteiger partial charge in [-0.3, -0.25) is 4.98 Å². The Labute approximate surface area is 154 Å². The van der Waals surface area contributed by atoms with Crippen molar-refractivity contribution in [3.8, 4) is 0 Å². The fourth-order valence-electron chi connectivity index (χ4n) is 1.81. The van der Waals surface area contributed by atoms with Gasteiger partial charge in [0.15, 0.2) is 5.60 Å². The third kappa shape index (κ3) is 6.15. The van der Waals surface area contributed by atoms with Crippen LogP contribution in [-0.4, -0.2) is 58.4 Å². The lowest BCUT2D eigenvalue weighted by molar-refractivity contribution is -0.168. The van der Waals surface area contributed by atoms with Gasteiger partial charge in [-0.2, -0.15) is 0 Å². The van der Waals surface area contributed by atoms with Gasteiger partial charge in [0.25, 0.3) is 0 Å². The Morgan fingerprint density at radius 3 is 2.44 bits per heavy atom. The van der Waals surface area contributed by atoms with E-state index in [0.29, 0.717) is 0 Å². The molecule has 27 heavy (non-hydrogen) atoms. The second kappa shape index (κ2) is 9.39. The standard InChI is InChI=1S/C18H18N2O7/c1-18(24,12-27-16(22)14-6-2-3-8-20-14)17(23)26-10-9-25-15(21)13-5-4-7-19-11-13/h2-8,11,24H,9-10,12H2,1H3. The average Bonchev–Trinajstić information content (AvgIpc) is 2.70. The maximum Gasteiger partial charge on any atom is 0.357 e. The van der Waals surface area contributed by atoms with E-state index in [-0.39, 0.29) is 24.5 Å². The lowest BCUT2D eigenvalue weighted by Crippen LogP contribution is -2.42. The van der Waals surface area contributed by atoms with Gasteiger partial charge in [-0.25, -0.2) is 19.4 Å². The molecular weight excluding hydrogens is 356 g/mol. The van der Waals surface area contributed by atoms with Crippen LogP contribution in [0, 0.1) is 0 Å². The molecule has 0 aliphatic heterocycles. The number of carbonyl (C=O) groups is 3. The molecule has 0 saturated heterocycles. The van der Waals surface area contributed by atoms with E-state index in [2.05, 4.69) is 9.97 Å². The summed E-state index contributed by atoms with van der Waals surface area (Å²) in [5, 5.41) is 10.1. The van der Waals surface area contributed by atoms with E-state index in [1.165, 1.54) is 30.7 Å². The first kappa shape index (κ1) is 20.0. The molecule has 2 aromatic rings. The number of ether oxygens (including phenoxy) is 3. The van der Waals surface area contributed by atoms with Crippen molar-refractivity contribution in [2.45, 2.75) is 12.5 Å². The number of hydrogen-bond acceptors (Lipinski definition) is 9. The van der Waals surface area contributed by atoms with Crippen LogP contribution in [0.25, 0.3) is 0 Å². The summed E-state index contributed by atoms with van der Waals surface area (Å²) in [7, 11) is 0. The van der Waals surface area contributed by atoms with Crippen molar-refractivity contribution in [2.24, 2.45) is 0 Å². The Hall–Kier alpha value is -3.33. The molecule has 1 N–H and O–H groups in total. The normalized spacial score (nSPS) is 12.5. The lowest BCUT2D eigenvalue weighted by atomic mass is 10.1. The summed E-state index contributed by atoms with van der Waals surface area (Å²) < 4.78 is 14.6. The van der Waals surface area contributed by atoms with E-state index >= 15 is 0 Å². The molecule has 0 aliphatic carbocycles. The van der Waals surface area contributed by atoms with E-state index in [1.54, 1.807) is 18.2 Å². The molecule has 1 atom stereocenters. The molecule has 1 unspecified atom stereocenters. The van der Waals surface area contributed by atoms with Gasteiger partial charge in [-0.15, -0.1) is 0 Å². The van der Waals surface area contributed by atoms with Gasteiger partial charge >= 0.3 is 17.9 Å². The summed E-state index contributed by atoms with van der Waals surface area (Å²) in [6, 6.07) is 7.78. The molecule has 0 spiro atoms. The number of aliphatic hydroxyl groups is 1. The summed E-state index contributed by atoms with van der Waals surface area (Å²) in [6.45, 7) is 0.0534. The monoisotopic (exact) mass is 374 g/mol. The molecule has 0 fully saturated rings. The first-order valence-corrected chi connectivity index (χ1v) is 7.95. The Bertz CT molecular complexity index is 779. The summed E-state index contributed by atoms with van der Waals surface area (Å²) in [4.78, 5) is 42.9. The number of carbonyl (C=O) groups excluding carboxylic acids is 3.